The van der Waals surface area contributed by atoms with Crippen LogP contribution in [0.5, 0.6) is 0 Å². The summed E-state index contributed by atoms with van der Waals surface area (Å²) in [5.74, 6) is -0.0511. The summed E-state index contributed by atoms with van der Waals surface area (Å²) in [5, 5.41) is 3.23. The van der Waals surface area contributed by atoms with E-state index in [1.54, 1.807) is 32.0 Å². The Bertz CT molecular complexity index is 505. The molecule has 0 radical (unpaired) electrons. The largest absolute Gasteiger partial charge is 0.361 e. The van der Waals surface area contributed by atoms with Gasteiger partial charge in [0.05, 0.1) is 24.9 Å². The molecule has 0 atom stereocenters. The van der Waals surface area contributed by atoms with Crippen molar-refractivity contribution in [2.45, 2.75) is 20.3 Å². The van der Waals surface area contributed by atoms with Crippen molar-refractivity contribution in [3.05, 3.63) is 23.8 Å². The molecule has 1 aliphatic rings. The first-order valence-electron chi connectivity index (χ1n) is 5.91. The second-order valence-corrected chi connectivity index (χ2v) is 5.93. The lowest BCUT2D eigenvalue weighted by Gasteiger charge is -2.17. The van der Waals surface area contributed by atoms with Crippen LogP contribution < -0.4 is 10.6 Å². The van der Waals surface area contributed by atoms with E-state index in [0.717, 1.165) is 11.3 Å². The lowest BCUT2D eigenvalue weighted by molar-refractivity contribution is -0.115. The summed E-state index contributed by atoms with van der Waals surface area (Å²) in [7, 11) is -3.26. The maximum Gasteiger partial charge on any atom is 0.361 e. The number of hydrogen-bond donors (Lipinski definition) is 1. The molecule has 98 valence electrons. The highest BCUT2D eigenvalue weighted by atomic mass is 31.2. The fourth-order valence-corrected chi connectivity index (χ4v) is 3.54. The Labute approximate surface area is 106 Å². The zero-order valence-electron chi connectivity index (χ0n) is 10.4. The molecular formula is C12H16NO4P. The van der Waals surface area contributed by atoms with Crippen LogP contribution in [0.1, 0.15) is 19.4 Å². The van der Waals surface area contributed by atoms with Gasteiger partial charge in [-0.1, -0.05) is 0 Å². The molecule has 0 aromatic heterocycles. The minimum atomic E-state index is -3.26. The number of hydrogen-bond acceptors (Lipinski definition) is 4. The van der Waals surface area contributed by atoms with E-state index in [1.165, 1.54) is 0 Å². The molecule has 6 heteroatoms. The lowest BCUT2D eigenvalue weighted by Crippen LogP contribution is -2.11. The molecule has 1 aromatic carbocycles. The Balaban J connectivity index is 2.35. The molecule has 0 unspecified atom stereocenters. The molecule has 0 saturated heterocycles. The van der Waals surface area contributed by atoms with E-state index >= 15 is 0 Å². The summed E-state index contributed by atoms with van der Waals surface area (Å²) in [6, 6.07) is 5.14. The van der Waals surface area contributed by atoms with Crippen molar-refractivity contribution in [2.75, 3.05) is 18.5 Å². The number of nitrogens with one attached hydrogen (secondary N) is 1. The standard InChI is InChI=1S/C12H16NO4P/c1-3-16-18(15,17-4-2)10-5-6-11-9(7-10)8-12(14)13-11/h5-7H,3-4,8H2,1-2H3,(H,13,14). The fraction of sp³-hybridized carbons (Fsp3) is 0.417. The second kappa shape index (κ2) is 5.22. The summed E-state index contributed by atoms with van der Waals surface area (Å²) in [4.78, 5) is 11.3. The van der Waals surface area contributed by atoms with E-state index in [-0.39, 0.29) is 5.91 Å². The lowest BCUT2D eigenvalue weighted by atomic mass is 10.2. The first-order valence-corrected chi connectivity index (χ1v) is 7.45. The monoisotopic (exact) mass is 269 g/mol. The van der Waals surface area contributed by atoms with Gasteiger partial charge in [-0.3, -0.25) is 9.36 Å². The molecular weight excluding hydrogens is 253 g/mol. The molecule has 5 nitrogen and oxygen atoms in total. The minimum absolute atomic E-state index is 0.0511. The van der Waals surface area contributed by atoms with Gasteiger partial charge in [0.25, 0.3) is 0 Å². The predicted molar refractivity (Wildman–Crippen MR) is 69.3 cm³/mol. The van der Waals surface area contributed by atoms with E-state index in [0.29, 0.717) is 24.9 Å². The molecule has 1 aliphatic heterocycles. The average molecular weight is 269 g/mol. The maximum absolute atomic E-state index is 12.5. The third-order valence-corrected chi connectivity index (χ3v) is 4.74. The van der Waals surface area contributed by atoms with Crippen LogP contribution in [0.15, 0.2) is 18.2 Å². The van der Waals surface area contributed by atoms with Crippen LogP contribution in [0.3, 0.4) is 0 Å². The number of carbonyl (C=O) groups is 1. The molecule has 18 heavy (non-hydrogen) atoms. The summed E-state index contributed by atoms with van der Waals surface area (Å²) in [5.41, 5.74) is 1.60. The second-order valence-electron chi connectivity index (χ2n) is 3.90. The normalized spacial score (nSPS) is 14.4. The molecule has 1 heterocycles. The Kier molecular flexibility index (Phi) is 3.85. The Morgan fingerprint density at radius 3 is 2.56 bits per heavy atom. The van der Waals surface area contributed by atoms with E-state index in [1.807, 2.05) is 0 Å². The van der Waals surface area contributed by atoms with Gasteiger partial charge in [-0.25, -0.2) is 0 Å². The van der Waals surface area contributed by atoms with E-state index in [2.05, 4.69) is 5.32 Å². The summed E-state index contributed by atoms with van der Waals surface area (Å²) in [6.07, 6.45) is 0.307. The SMILES string of the molecule is CCOP(=O)(OCC)c1ccc2c(c1)CC(=O)N2. The van der Waals surface area contributed by atoms with Crippen molar-refractivity contribution in [1.82, 2.24) is 0 Å². The Morgan fingerprint density at radius 1 is 1.28 bits per heavy atom. The first kappa shape index (κ1) is 13.3. The topological polar surface area (TPSA) is 64.6 Å². The number of anilines is 1. The van der Waals surface area contributed by atoms with Crippen LogP contribution in [0.2, 0.25) is 0 Å². The molecule has 0 saturated carbocycles. The van der Waals surface area contributed by atoms with Gasteiger partial charge < -0.3 is 14.4 Å². The average Bonchev–Trinajstić information content (AvgIpc) is 2.68. The third-order valence-electron chi connectivity index (χ3n) is 2.63. The number of rotatable bonds is 5. The highest BCUT2D eigenvalue weighted by Crippen LogP contribution is 2.47. The molecule has 2 rings (SSSR count). The van der Waals surface area contributed by atoms with Crippen molar-refractivity contribution in [1.29, 1.82) is 0 Å². The molecule has 1 aromatic rings. The smallest absolute Gasteiger partial charge is 0.326 e. The minimum Gasteiger partial charge on any atom is -0.326 e. The van der Waals surface area contributed by atoms with Crippen LogP contribution in [0, 0.1) is 0 Å². The first-order chi connectivity index (χ1) is 8.59. The van der Waals surface area contributed by atoms with Gasteiger partial charge >= 0.3 is 7.60 Å². The molecule has 1 amide bonds. The molecule has 0 spiro atoms. The van der Waals surface area contributed by atoms with Crippen molar-refractivity contribution in [2.24, 2.45) is 0 Å². The van der Waals surface area contributed by atoms with Gasteiger partial charge in [-0.15, -0.1) is 0 Å². The van der Waals surface area contributed by atoms with Crippen LogP contribution in [0.25, 0.3) is 0 Å². The Hall–Kier alpha value is -1.16. The number of carbonyl (C=O) groups excluding carboxylic acids is 1. The third kappa shape index (κ3) is 2.48. The van der Waals surface area contributed by atoms with Gasteiger partial charge in [-0.05, 0) is 37.6 Å². The maximum atomic E-state index is 12.5. The van der Waals surface area contributed by atoms with Crippen molar-refractivity contribution < 1.29 is 18.4 Å². The van der Waals surface area contributed by atoms with E-state index < -0.39 is 7.60 Å². The summed E-state index contributed by atoms with van der Waals surface area (Å²) in [6.45, 7) is 4.16. The number of fused-ring (bicyclic) bond motifs is 1. The van der Waals surface area contributed by atoms with Crippen LogP contribution in [-0.2, 0) is 24.8 Å². The summed E-state index contributed by atoms with van der Waals surface area (Å²) >= 11 is 0. The van der Waals surface area contributed by atoms with Gasteiger partial charge in [0.15, 0.2) is 0 Å². The molecule has 0 fully saturated rings. The van der Waals surface area contributed by atoms with Gasteiger partial charge in [0, 0.05) is 5.69 Å². The van der Waals surface area contributed by atoms with Gasteiger partial charge in [-0.2, -0.15) is 0 Å². The zero-order chi connectivity index (χ0) is 13.2. The molecule has 1 N–H and O–H groups in total. The number of amides is 1. The molecule has 0 bridgehead atoms. The van der Waals surface area contributed by atoms with Crippen molar-refractivity contribution >= 4 is 24.5 Å². The molecule has 0 aliphatic carbocycles. The van der Waals surface area contributed by atoms with Crippen LogP contribution in [-0.4, -0.2) is 19.1 Å². The van der Waals surface area contributed by atoms with Gasteiger partial charge in [0.1, 0.15) is 0 Å². The van der Waals surface area contributed by atoms with E-state index in [9.17, 15) is 9.36 Å². The highest BCUT2D eigenvalue weighted by molar-refractivity contribution is 7.62. The van der Waals surface area contributed by atoms with Crippen molar-refractivity contribution in [3.63, 3.8) is 0 Å². The summed E-state index contributed by atoms with van der Waals surface area (Å²) < 4.78 is 23.1. The van der Waals surface area contributed by atoms with Crippen molar-refractivity contribution in [3.8, 4) is 0 Å². The van der Waals surface area contributed by atoms with Gasteiger partial charge in [0.2, 0.25) is 5.91 Å². The van der Waals surface area contributed by atoms with Crippen LogP contribution >= 0.6 is 7.60 Å². The van der Waals surface area contributed by atoms with Crippen LogP contribution in [0.4, 0.5) is 5.69 Å². The fourth-order valence-electron chi connectivity index (χ4n) is 1.91. The predicted octanol–water partition coefficient (Wildman–Crippen LogP) is 2.07. The zero-order valence-corrected chi connectivity index (χ0v) is 11.3. The quantitative estimate of drug-likeness (QED) is 0.831. The van der Waals surface area contributed by atoms with E-state index in [4.69, 9.17) is 9.05 Å². The Morgan fingerprint density at radius 2 is 1.94 bits per heavy atom. The highest BCUT2D eigenvalue weighted by Gasteiger charge is 2.29. The number of benzene rings is 1.